The molecule has 2 saturated heterocycles. The van der Waals surface area contributed by atoms with Crippen molar-refractivity contribution in [1.29, 1.82) is 0 Å². The fraction of sp³-hybridized carbons (Fsp3) is 0.409. The number of carbonyl (C=O) groups is 2. The van der Waals surface area contributed by atoms with E-state index in [1.807, 2.05) is 17.0 Å². The van der Waals surface area contributed by atoms with Crippen LogP contribution in [0.5, 0.6) is 0 Å². The quantitative estimate of drug-likeness (QED) is 0.760. The van der Waals surface area contributed by atoms with E-state index in [1.54, 1.807) is 18.5 Å². The number of aromatic nitrogens is 1. The molecule has 30 heavy (non-hydrogen) atoms. The summed E-state index contributed by atoms with van der Waals surface area (Å²) in [5, 5.41) is 0. The Morgan fingerprint density at radius 1 is 1.17 bits per heavy atom. The standard InChI is InChI=1S/C22H22F3N3O2/c23-22(24,25)18-4-1-3-15(11-18)13-27-14-17(12-20(27)29)21(30)28-10-2-5-19(28)16-6-8-26-9-7-16/h1,3-4,6-9,11,17,19H,2,5,10,12-14H2/t17-,19-/m1/s1. The second-order valence-electron chi connectivity index (χ2n) is 7.84. The van der Waals surface area contributed by atoms with Gasteiger partial charge in [-0.2, -0.15) is 13.2 Å². The molecule has 2 fully saturated rings. The molecule has 8 heteroatoms. The SMILES string of the molecule is O=C1C[C@@H](C(=O)N2CCC[C@@H]2c2ccncc2)CN1Cc1cccc(C(F)(F)F)c1. The van der Waals surface area contributed by atoms with Gasteiger partial charge in [-0.05, 0) is 48.2 Å². The highest BCUT2D eigenvalue weighted by Gasteiger charge is 2.40. The van der Waals surface area contributed by atoms with Gasteiger partial charge in [-0.15, -0.1) is 0 Å². The molecule has 0 bridgehead atoms. The third-order valence-corrected chi connectivity index (χ3v) is 5.82. The lowest BCUT2D eigenvalue weighted by molar-refractivity contribution is -0.138. The van der Waals surface area contributed by atoms with Gasteiger partial charge in [0.1, 0.15) is 0 Å². The number of carbonyl (C=O) groups excluding carboxylic acids is 2. The van der Waals surface area contributed by atoms with Crippen LogP contribution in [0.1, 0.15) is 42.0 Å². The molecular weight excluding hydrogens is 395 g/mol. The number of pyridine rings is 1. The summed E-state index contributed by atoms with van der Waals surface area (Å²) in [5.74, 6) is -0.731. The van der Waals surface area contributed by atoms with Crippen LogP contribution in [-0.4, -0.2) is 39.7 Å². The summed E-state index contributed by atoms with van der Waals surface area (Å²) in [7, 11) is 0. The first kappa shape index (κ1) is 20.4. The fourth-order valence-corrected chi connectivity index (χ4v) is 4.35. The summed E-state index contributed by atoms with van der Waals surface area (Å²) in [4.78, 5) is 32.9. The average Bonchev–Trinajstić information content (AvgIpc) is 3.35. The van der Waals surface area contributed by atoms with Crippen LogP contribution in [0.25, 0.3) is 0 Å². The zero-order chi connectivity index (χ0) is 21.3. The van der Waals surface area contributed by atoms with Crippen LogP contribution in [0.2, 0.25) is 0 Å². The van der Waals surface area contributed by atoms with Gasteiger partial charge in [0.25, 0.3) is 0 Å². The van der Waals surface area contributed by atoms with Crippen LogP contribution >= 0.6 is 0 Å². The number of benzene rings is 1. The van der Waals surface area contributed by atoms with Crippen molar-refractivity contribution in [3.8, 4) is 0 Å². The van der Waals surface area contributed by atoms with E-state index in [0.717, 1.165) is 30.5 Å². The van der Waals surface area contributed by atoms with Crippen LogP contribution in [0, 0.1) is 5.92 Å². The Bertz CT molecular complexity index is 933. The van der Waals surface area contributed by atoms with Gasteiger partial charge < -0.3 is 9.80 Å². The number of nitrogens with zero attached hydrogens (tertiary/aromatic N) is 3. The predicted octanol–water partition coefficient (Wildman–Crippen LogP) is 3.81. The Hall–Kier alpha value is -2.90. The van der Waals surface area contributed by atoms with Gasteiger partial charge in [0.05, 0.1) is 17.5 Å². The largest absolute Gasteiger partial charge is 0.416 e. The first-order valence-corrected chi connectivity index (χ1v) is 9.97. The van der Waals surface area contributed by atoms with Gasteiger partial charge in [-0.3, -0.25) is 14.6 Å². The van der Waals surface area contributed by atoms with Gasteiger partial charge in [0.2, 0.25) is 11.8 Å². The number of rotatable bonds is 4. The van der Waals surface area contributed by atoms with Crippen molar-refractivity contribution < 1.29 is 22.8 Å². The molecule has 5 nitrogen and oxygen atoms in total. The third kappa shape index (κ3) is 4.17. The summed E-state index contributed by atoms with van der Waals surface area (Å²) in [6, 6.07) is 8.75. The summed E-state index contributed by atoms with van der Waals surface area (Å²) < 4.78 is 38.8. The van der Waals surface area contributed by atoms with Crippen LogP contribution in [0.15, 0.2) is 48.8 Å². The van der Waals surface area contributed by atoms with E-state index in [2.05, 4.69) is 4.98 Å². The van der Waals surface area contributed by atoms with Crippen molar-refractivity contribution in [2.75, 3.05) is 13.1 Å². The van der Waals surface area contributed by atoms with Gasteiger partial charge in [-0.1, -0.05) is 12.1 Å². The second kappa shape index (κ2) is 8.08. The van der Waals surface area contributed by atoms with Gasteiger partial charge >= 0.3 is 6.18 Å². The molecule has 0 aliphatic carbocycles. The van der Waals surface area contributed by atoms with Crippen molar-refractivity contribution in [3.05, 3.63) is 65.5 Å². The number of amides is 2. The number of halogens is 3. The van der Waals surface area contributed by atoms with E-state index in [4.69, 9.17) is 0 Å². The van der Waals surface area contributed by atoms with Crippen molar-refractivity contribution in [2.24, 2.45) is 5.92 Å². The van der Waals surface area contributed by atoms with E-state index in [9.17, 15) is 22.8 Å². The second-order valence-corrected chi connectivity index (χ2v) is 7.84. The van der Waals surface area contributed by atoms with Gasteiger partial charge in [0, 0.05) is 38.4 Å². The summed E-state index contributed by atoms with van der Waals surface area (Å²) >= 11 is 0. The molecule has 2 aliphatic heterocycles. The van der Waals surface area contributed by atoms with Crippen molar-refractivity contribution >= 4 is 11.8 Å². The highest BCUT2D eigenvalue weighted by atomic mass is 19.4. The molecule has 0 spiro atoms. The van der Waals surface area contributed by atoms with E-state index in [-0.39, 0.29) is 37.4 Å². The van der Waals surface area contributed by atoms with E-state index in [1.165, 1.54) is 11.0 Å². The Kier molecular flexibility index (Phi) is 5.49. The summed E-state index contributed by atoms with van der Waals surface area (Å²) in [5.41, 5.74) is 0.694. The highest BCUT2D eigenvalue weighted by Crippen LogP contribution is 2.35. The monoisotopic (exact) mass is 417 g/mol. The van der Waals surface area contributed by atoms with E-state index in [0.29, 0.717) is 12.1 Å². The molecule has 0 N–H and O–H groups in total. The molecule has 2 aromatic rings. The van der Waals surface area contributed by atoms with Crippen LogP contribution in [0.4, 0.5) is 13.2 Å². The minimum atomic E-state index is -4.43. The van der Waals surface area contributed by atoms with E-state index >= 15 is 0 Å². The Morgan fingerprint density at radius 2 is 1.93 bits per heavy atom. The molecule has 1 aromatic carbocycles. The molecule has 158 valence electrons. The topological polar surface area (TPSA) is 53.5 Å². The third-order valence-electron chi connectivity index (χ3n) is 5.82. The molecule has 2 atom stereocenters. The minimum absolute atomic E-state index is 0.0203. The minimum Gasteiger partial charge on any atom is -0.338 e. The van der Waals surface area contributed by atoms with Crippen LogP contribution in [0.3, 0.4) is 0 Å². The molecule has 2 aliphatic rings. The number of hydrogen-bond acceptors (Lipinski definition) is 3. The summed E-state index contributed by atoms with van der Waals surface area (Å²) in [6.07, 6.45) is 0.828. The predicted molar refractivity (Wildman–Crippen MR) is 103 cm³/mol. The lowest BCUT2D eigenvalue weighted by Gasteiger charge is -2.27. The van der Waals surface area contributed by atoms with Crippen molar-refractivity contribution in [2.45, 2.75) is 38.0 Å². The lowest BCUT2D eigenvalue weighted by Crippen LogP contribution is -2.37. The summed E-state index contributed by atoms with van der Waals surface area (Å²) in [6.45, 7) is 0.942. The van der Waals surface area contributed by atoms with Gasteiger partial charge in [-0.25, -0.2) is 0 Å². The maximum atomic E-state index is 13.1. The Labute approximate surface area is 172 Å². The van der Waals surface area contributed by atoms with Crippen LogP contribution < -0.4 is 0 Å². The maximum absolute atomic E-state index is 13.1. The molecule has 2 amide bonds. The molecular formula is C22H22F3N3O2. The normalized spacial score (nSPS) is 22.0. The average molecular weight is 417 g/mol. The van der Waals surface area contributed by atoms with Crippen LogP contribution in [-0.2, 0) is 22.3 Å². The molecule has 0 saturated carbocycles. The molecule has 0 unspecified atom stereocenters. The fourth-order valence-electron chi connectivity index (χ4n) is 4.35. The highest BCUT2D eigenvalue weighted by molar-refractivity contribution is 5.89. The molecule has 0 radical (unpaired) electrons. The maximum Gasteiger partial charge on any atom is 0.416 e. The van der Waals surface area contributed by atoms with E-state index < -0.39 is 17.7 Å². The Morgan fingerprint density at radius 3 is 2.67 bits per heavy atom. The van der Waals surface area contributed by atoms with Crippen molar-refractivity contribution in [3.63, 3.8) is 0 Å². The first-order chi connectivity index (χ1) is 14.3. The van der Waals surface area contributed by atoms with Gasteiger partial charge in [0.15, 0.2) is 0 Å². The number of hydrogen-bond donors (Lipinski definition) is 0. The number of alkyl halides is 3. The zero-order valence-corrected chi connectivity index (χ0v) is 16.3. The molecule has 3 heterocycles. The van der Waals surface area contributed by atoms with Crippen molar-refractivity contribution in [1.82, 2.24) is 14.8 Å². The zero-order valence-electron chi connectivity index (χ0n) is 16.3. The first-order valence-electron chi connectivity index (χ1n) is 9.97. The smallest absolute Gasteiger partial charge is 0.338 e. The molecule has 4 rings (SSSR count). The lowest BCUT2D eigenvalue weighted by atomic mass is 10.0. The Balaban J connectivity index is 1.44. The molecule has 1 aromatic heterocycles. The number of likely N-dealkylation sites (tertiary alicyclic amines) is 2.